The van der Waals surface area contributed by atoms with Crippen LogP contribution in [0.1, 0.15) is 0 Å². The summed E-state index contributed by atoms with van der Waals surface area (Å²) in [6.07, 6.45) is 0. The van der Waals surface area contributed by atoms with Gasteiger partial charge in [0.05, 0.1) is 0 Å². The molecule has 0 aromatic carbocycles. The predicted octanol–water partition coefficient (Wildman–Crippen LogP) is -0.389. The van der Waals surface area contributed by atoms with E-state index in [1.54, 1.807) is 0 Å². The Morgan fingerprint density at radius 2 is 1.86 bits per heavy atom. The van der Waals surface area contributed by atoms with Crippen molar-refractivity contribution in [2.24, 2.45) is 0 Å². The second-order valence-corrected chi connectivity index (χ2v) is 3.11. The summed E-state index contributed by atoms with van der Waals surface area (Å²) in [6, 6.07) is 0. The average molecular weight is 98.0 g/mol. The van der Waals surface area contributed by atoms with Crippen molar-refractivity contribution in [3.05, 3.63) is 11.3 Å². The van der Waals surface area contributed by atoms with Crippen LogP contribution in [0.5, 0.6) is 0 Å². The molecule has 0 saturated heterocycles. The van der Waals surface area contributed by atoms with E-state index in [0.29, 0.717) is 0 Å². The summed E-state index contributed by atoms with van der Waals surface area (Å²) in [7, 11) is 5.76. The van der Waals surface area contributed by atoms with Gasteiger partial charge in [0.25, 0.3) is 0 Å². The Morgan fingerprint density at radius 1 is 1.43 bits per heavy atom. The lowest BCUT2D eigenvalue weighted by atomic mass is 10.1. The van der Waals surface area contributed by atoms with Crippen LogP contribution in [0.3, 0.4) is 0 Å². The standard InChI is InChI=1S/C4H11BN2/c1-6-5-7(2,3)4/h5H2,2-4H3. The smallest absolute Gasteiger partial charge is 0.520 e. The van der Waals surface area contributed by atoms with E-state index in [2.05, 4.69) is 25.9 Å². The van der Waals surface area contributed by atoms with E-state index in [9.17, 15) is 0 Å². The van der Waals surface area contributed by atoms with Gasteiger partial charge in [-0.25, -0.2) is 0 Å². The van der Waals surface area contributed by atoms with Crippen LogP contribution >= 0.6 is 0 Å². The highest BCUT2D eigenvalue weighted by molar-refractivity contribution is 6.30. The maximum absolute atomic E-state index is 6.52. The summed E-state index contributed by atoms with van der Waals surface area (Å²) in [4.78, 5) is 0. The Bertz CT molecular complexity index is 86.8. The molecule has 3 heteroatoms. The van der Waals surface area contributed by atoms with Crippen LogP contribution in [0.4, 0.5) is 0 Å². The summed E-state index contributed by atoms with van der Waals surface area (Å²) < 4.78 is 4.22. The Kier molecular flexibility index (Phi) is 1.85. The molecule has 0 bridgehead atoms. The van der Waals surface area contributed by atoms with Gasteiger partial charge in [0.1, 0.15) is 0 Å². The molecule has 0 fully saturated rings. The first-order valence-electron chi connectivity index (χ1n) is 2.46. The Balaban J connectivity index is 3.40. The number of nitrogens with zero attached hydrogens (tertiary/aromatic N) is 2. The van der Waals surface area contributed by atoms with E-state index in [4.69, 9.17) is 6.57 Å². The second-order valence-electron chi connectivity index (χ2n) is 3.11. The number of hydrogen-bond donors (Lipinski definition) is 0. The summed E-state index contributed by atoms with van der Waals surface area (Å²) in [5.74, 6) is 0. The van der Waals surface area contributed by atoms with Crippen LogP contribution in [-0.2, 0) is 0 Å². The molecular formula is C4H11BN2. The van der Waals surface area contributed by atoms with Crippen molar-refractivity contribution < 1.29 is 4.39 Å². The summed E-state index contributed by atoms with van der Waals surface area (Å²) in [6.45, 7) is 6.52. The van der Waals surface area contributed by atoms with E-state index in [1.165, 1.54) is 0 Å². The van der Waals surface area contributed by atoms with Gasteiger partial charge in [-0.15, -0.1) is 0 Å². The van der Waals surface area contributed by atoms with Crippen molar-refractivity contribution in [2.45, 2.75) is 0 Å². The fourth-order valence-electron chi connectivity index (χ4n) is 0.300. The molecule has 0 spiro atoms. The first-order chi connectivity index (χ1) is 3.06. The summed E-state index contributed by atoms with van der Waals surface area (Å²) >= 11 is 0. The topological polar surface area (TPSA) is 4.36 Å². The molecule has 0 unspecified atom stereocenters. The molecule has 0 aliphatic carbocycles. The Labute approximate surface area is 45.4 Å². The van der Waals surface area contributed by atoms with Crippen molar-refractivity contribution in [1.82, 2.24) is 0 Å². The van der Waals surface area contributed by atoms with Crippen LogP contribution in [0, 0.1) is 6.57 Å². The van der Waals surface area contributed by atoms with Gasteiger partial charge in [0.2, 0.25) is 0 Å². The molecule has 2 nitrogen and oxygen atoms in total. The van der Waals surface area contributed by atoms with Gasteiger partial charge >= 0.3 is 7.55 Å². The number of rotatable bonds is 1. The molecule has 0 aliphatic heterocycles. The van der Waals surface area contributed by atoms with Crippen LogP contribution in [-0.4, -0.2) is 33.1 Å². The van der Waals surface area contributed by atoms with Gasteiger partial charge in [-0.3, -0.25) is 0 Å². The third kappa shape index (κ3) is 5.51. The summed E-state index contributed by atoms with van der Waals surface area (Å²) in [5, 5.41) is 0. The van der Waals surface area contributed by atoms with E-state index in [0.717, 1.165) is 4.39 Å². The Hall–Kier alpha value is -0.485. The van der Waals surface area contributed by atoms with E-state index in [-0.39, 0.29) is 0 Å². The fourth-order valence-corrected chi connectivity index (χ4v) is 0.300. The fraction of sp³-hybridized carbons (Fsp3) is 0.750. The quantitative estimate of drug-likeness (QED) is 0.310. The molecule has 0 saturated carbocycles. The number of hydrogen-bond acceptors (Lipinski definition) is 0. The molecule has 40 valence electrons. The third-order valence-corrected chi connectivity index (χ3v) is 0.700. The Morgan fingerprint density at radius 3 is 1.86 bits per heavy atom. The molecule has 0 radical (unpaired) electrons. The van der Waals surface area contributed by atoms with Crippen LogP contribution in [0.15, 0.2) is 0 Å². The average Bonchev–Trinajstić information content (AvgIpc) is 1.30. The molecule has 0 rings (SSSR count). The largest absolute Gasteiger partial charge is 0.523 e. The third-order valence-electron chi connectivity index (χ3n) is 0.700. The van der Waals surface area contributed by atoms with Gasteiger partial charge in [-0.05, 0) is 0 Å². The van der Waals surface area contributed by atoms with Gasteiger partial charge in [0.15, 0.2) is 0 Å². The SMILES string of the molecule is [C-]#[N+][BH2-][N+](C)(C)C. The van der Waals surface area contributed by atoms with Gasteiger partial charge in [-0.1, -0.05) is 0 Å². The molecule has 0 aromatic rings. The lowest BCUT2D eigenvalue weighted by molar-refractivity contribution is -0.754. The zero-order chi connectivity index (χ0) is 5.91. The highest BCUT2D eigenvalue weighted by atomic mass is 15.2. The van der Waals surface area contributed by atoms with Crippen molar-refractivity contribution in [3.8, 4) is 0 Å². The minimum atomic E-state index is -0.403. The van der Waals surface area contributed by atoms with Crippen molar-refractivity contribution in [2.75, 3.05) is 21.1 Å². The normalized spacial score (nSPS) is 10.6. The lowest BCUT2D eigenvalue weighted by Crippen LogP contribution is -2.36. The molecule has 0 N–H and O–H groups in total. The second kappa shape index (κ2) is 1.99. The monoisotopic (exact) mass is 98.1 g/mol. The van der Waals surface area contributed by atoms with Gasteiger partial charge < -0.3 is 15.7 Å². The number of quaternary nitrogens is 1. The lowest BCUT2D eigenvalue weighted by Gasteiger charge is -2.24. The highest BCUT2D eigenvalue weighted by Gasteiger charge is 2.01. The van der Waals surface area contributed by atoms with E-state index in [1.807, 2.05) is 0 Å². The summed E-state index contributed by atoms with van der Waals surface area (Å²) in [5.41, 5.74) is 0. The van der Waals surface area contributed by atoms with Crippen LogP contribution in [0.25, 0.3) is 4.76 Å². The van der Waals surface area contributed by atoms with Crippen LogP contribution in [0.2, 0.25) is 0 Å². The molecule has 0 atom stereocenters. The molecule has 0 heterocycles. The molecule has 0 aliphatic rings. The first-order valence-corrected chi connectivity index (χ1v) is 2.46. The van der Waals surface area contributed by atoms with Crippen molar-refractivity contribution in [1.29, 1.82) is 0 Å². The van der Waals surface area contributed by atoms with Gasteiger partial charge in [0, 0.05) is 21.1 Å². The predicted molar refractivity (Wildman–Crippen MR) is 33.2 cm³/mol. The molecule has 0 aromatic heterocycles. The van der Waals surface area contributed by atoms with Gasteiger partial charge in [-0.2, -0.15) is 0 Å². The zero-order valence-electron chi connectivity index (χ0n) is 5.39. The first kappa shape index (κ1) is 6.51. The minimum Gasteiger partial charge on any atom is -0.520 e. The molecular weight excluding hydrogens is 86.9 g/mol. The highest BCUT2D eigenvalue weighted by Crippen LogP contribution is 1.83. The van der Waals surface area contributed by atoms with E-state index >= 15 is 0 Å². The molecule has 0 amide bonds. The van der Waals surface area contributed by atoms with Crippen LogP contribution < -0.4 is 0 Å². The maximum atomic E-state index is 6.52. The minimum absolute atomic E-state index is 0.403. The van der Waals surface area contributed by atoms with Crippen molar-refractivity contribution >= 4 is 7.55 Å². The van der Waals surface area contributed by atoms with E-state index < -0.39 is 7.55 Å². The zero-order valence-corrected chi connectivity index (χ0v) is 5.39. The van der Waals surface area contributed by atoms with Crippen molar-refractivity contribution in [3.63, 3.8) is 0 Å². The maximum Gasteiger partial charge on any atom is 0.523 e. The molecule has 7 heavy (non-hydrogen) atoms.